The van der Waals surface area contributed by atoms with E-state index in [4.69, 9.17) is 27.9 Å². The van der Waals surface area contributed by atoms with E-state index < -0.39 is 11.9 Å². The maximum absolute atomic E-state index is 15.4. The van der Waals surface area contributed by atoms with Crippen LogP contribution in [-0.4, -0.2) is 56.6 Å². The third kappa shape index (κ3) is 4.57. The van der Waals surface area contributed by atoms with Crippen LogP contribution in [0.2, 0.25) is 10.0 Å². The van der Waals surface area contributed by atoms with Crippen molar-refractivity contribution in [1.82, 2.24) is 25.1 Å². The van der Waals surface area contributed by atoms with Gasteiger partial charge < -0.3 is 14.5 Å². The first-order valence-electron chi connectivity index (χ1n) is 12.9. The number of piperidine rings is 1. The highest BCUT2D eigenvalue weighted by molar-refractivity contribution is 6.35. The Balaban J connectivity index is 1.22. The molecule has 2 aliphatic heterocycles. The Bertz CT molecular complexity index is 1550. The van der Waals surface area contributed by atoms with E-state index in [2.05, 4.69) is 20.2 Å². The summed E-state index contributed by atoms with van der Waals surface area (Å²) in [5, 5.41) is 9.05. The van der Waals surface area contributed by atoms with Crippen LogP contribution < -0.4 is 9.64 Å². The van der Waals surface area contributed by atoms with Crippen molar-refractivity contribution in [2.45, 2.75) is 44.2 Å². The van der Waals surface area contributed by atoms with Gasteiger partial charge in [-0.3, -0.25) is 14.9 Å². The summed E-state index contributed by atoms with van der Waals surface area (Å²) in [7, 11) is 1.88. The zero-order valence-corrected chi connectivity index (χ0v) is 23.1. The van der Waals surface area contributed by atoms with Crippen LogP contribution in [0.3, 0.4) is 0 Å². The average Bonchev–Trinajstić information content (AvgIpc) is 3.46. The van der Waals surface area contributed by atoms with Crippen LogP contribution in [0.1, 0.15) is 44.3 Å². The van der Waals surface area contributed by atoms with Crippen LogP contribution in [0.15, 0.2) is 42.9 Å². The number of fused-ring (bicyclic) bond motifs is 1. The summed E-state index contributed by atoms with van der Waals surface area (Å²) in [5.74, 6) is 0.698. The Morgan fingerprint density at radius 3 is 2.51 bits per heavy atom. The lowest BCUT2D eigenvalue weighted by atomic mass is 9.85. The molecule has 1 aromatic carbocycles. The van der Waals surface area contributed by atoms with Crippen molar-refractivity contribution >= 4 is 45.8 Å². The number of aromatic nitrogens is 4. The summed E-state index contributed by atoms with van der Waals surface area (Å²) < 4.78 is 21.5. The normalized spacial score (nSPS) is 17.8. The molecule has 1 amide bonds. The summed E-state index contributed by atoms with van der Waals surface area (Å²) in [6.45, 7) is 3.16. The molecule has 5 heterocycles. The second-order valence-electron chi connectivity index (χ2n) is 10.3. The molecule has 0 unspecified atom stereocenters. The molecular formula is C28H27Cl2FN6O2. The number of hydrogen-bond acceptors (Lipinski definition) is 6. The van der Waals surface area contributed by atoms with Crippen molar-refractivity contribution in [1.29, 1.82) is 0 Å². The number of rotatable bonds is 5. The number of benzene rings is 1. The largest absolute Gasteiger partial charge is 0.486 e. The molecule has 8 nitrogen and oxygen atoms in total. The van der Waals surface area contributed by atoms with Crippen molar-refractivity contribution < 1.29 is 13.9 Å². The first-order chi connectivity index (χ1) is 18.8. The van der Waals surface area contributed by atoms with Crippen molar-refractivity contribution in [3.05, 3.63) is 64.3 Å². The number of amides is 1. The lowest BCUT2D eigenvalue weighted by Gasteiger charge is -2.43. The molecule has 3 aromatic heterocycles. The zero-order chi connectivity index (χ0) is 27.3. The third-order valence-electron chi connectivity index (χ3n) is 8.12. The van der Waals surface area contributed by atoms with Gasteiger partial charge >= 0.3 is 0 Å². The minimum Gasteiger partial charge on any atom is -0.486 e. The average molecular weight is 569 g/mol. The molecule has 4 aromatic rings. The second-order valence-corrected chi connectivity index (χ2v) is 11.1. The van der Waals surface area contributed by atoms with Crippen molar-refractivity contribution in [2.24, 2.45) is 0 Å². The van der Waals surface area contributed by atoms with E-state index in [-0.39, 0.29) is 11.4 Å². The Labute approximate surface area is 235 Å². The van der Waals surface area contributed by atoms with E-state index in [0.717, 1.165) is 30.2 Å². The van der Waals surface area contributed by atoms with Crippen molar-refractivity contribution in [3.63, 3.8) is 0 Å². The minimum absolute atomic E-state index is 0.108. The molecular weight excluding hydrogens is 542 g/mol. The summed E-state index contributed by atoms with van der Waals surface area (Å²) in [5.41, 5.74) is 2.46. The number of halogens is 3. The van der Waals surface area contributed by atoms with E-state index in [1.54, 1.807) is 6.20 Å². The monoisotopic (exact) mass is 568 g/mol. The predicted octanol–water partition coefficient (Wildman–Crippen LogP) is 6.20. The molecule has 2 saturated heterocycles. The fraction of sp³-hybridized carbons (Fsp3) is 0.357. The summed E-state index contributed by atoms with van der Waals surface area (Å²) >= 11 is 12.6. The summed E-state index contributed by atoms with van der Waals surface area (Å²) in [6, 6.07) is 7.00. The molecule has 39 heavy (non-hydrogen) atoms. The first-order valence-corrected chi connectivity index (χ1v) is 13.6. The van der Waals surface area contributed by atoms with Gasteiger partial charge in [0.15, 0.2) is 11.6 Å². The lowest BCUT2D eigenvalue weighted by molar-refractivity contribution is -0.130. The van der Waals surface area contributed by atoms with Gasteiger partial charge in [-0.05, 0) is 50.5 Å². The topological polar surface area (TPSA) is 87.2 Å². The Morgan fingerprint density at radius 1 is 1.10 bits per heavy atom. The molecule has 11 heteroatoms. The number of carbonyl (C=O) groups is 1. The molecule has 0 aliphatic carbocycles. The standard InChI is InChI=1S/C28H27Cl2FN6O2/c1-16(25-20(29)14-32-15-21(25)30)39-18-3-4-23-19(12-18)26(35-34-23)17-11-22(31)27(33-13-17)37-9-7-28(8-10-37)6-5-24(38)36(28)2/h3-4,11-16H,5-10H2,1-2H3,(H,34,35)/t16-/m1/s1. The molecule has 1 N–H and O–H groups in total. The maximum Gasteiger partial charge on any atom is 0.222 e. The zero-order valence-electron chi connectivity index (χ0n) is 21.5. The fourth-order valence-corrected chi connectivity index (χ4v) is 6.48. The highest BCUT2D eigenvalue weighted by Gasteiger charge is 2.45. The predicted molar refractivity (Wildman–Crippen MR) is 149 cm³/mol. The number of ether oxygens (including phenoxy) is 1. The molecule has 1 spiro atoms. The number of likely N-dealkylation sites (tertiary alicyclic amines) is 1. The summed E-state index contributed by atoms with van der Waals surface area (Å²) in [4.78, 5) is 24.4. The third-order valence-corrected chi connectivity index (χ3v) is 8.73. The van der Waals surface area contributed by atoms with E-state index >= 15 is 4.39 Å². The number of hydrogen-bond donors (Lipinski definition) is 1. The van der Waals surface area contributed by atoms with E-state index in [9.17, 15) is 4.79 Å². The van der Waals surface area contributed by atoms with Crippen molar-refractivity contribution in [3.8, 4) is 17.0 Å². The van der Waals surface area contributed by atoms with Gasteiger partial charge in [-0.25, -0.2) is 9.37 Å². The van der Waals surface area contributed by atoms with Gasteiger partial charge in [0, 0.05) is 67.2 Å². The Hall–Kier alpha value is -3.43. The van der Waals surface area contributed by atoms with Gasteiger partial charge in [0.25, 0.3) is 0 Å². The van der Waals surface area contributed by atoms with Crippen molar-refractivity contribution in [2.75, 3.05) is 25.0 Å². The SMILES string of the molecule is C[C@@H](Oc1ccc2[nH]nc(-c3cnc(N4CCC5(CCC(=O)N5C)CC4)c(F)c3)c2c1)c1c(Cl)cncc1Cl. The van der Waals surface area contributed by atoms with Gasteiger partial charge in [-0.1, -0.05) is 23.2 Å². The molecule has 0 radical (unpaired) electrons. The molecule has 202 valence electrons. The Morgan fingerprint density at radius 2 is 1.85 bits per heavy atom. The highest BCUT2D eigenvalue weighted by atomic mass is 35.5. The number of pyridine rings is 2. The fourth-order valence-electron chi connectivity index (χ4n) is 5.81. The van der Waals surface area contributed by atoms with E-state index in [0.29, 0.717) is 57.9 Å². The molecule has 6 rings (SSSR count). The van der Waals surface area contributed by atoms with Crippen LogP contribution >= 0.6 is 23.2 Å². The number of carbonyl (C=O) groups excluding carboxylic acids is 1. The van der Waals surface area contributed by atoms with Crippen LogP contribution in [0.25, 0.3) is 22.2 Å². The number of nitrogens with zero attached hydrogens (tertiary/aromatic N) is 5. The van der Waals surface area contributed by atoms with Gasteiger partial charge in [0.05, 0.1) is 15.6 Å². The smallest absolute Gasteiger partial charge is 0.222 e. The van der Waals surface area contributed by atoms with Crippen LogP contribution in [0.4, 0.5) is 10.2 Å². The summed E-state index contributed by atoms with van der Waals surface area (Å²) in [6.07, 6.45) is 7.35. The van der Waals surface area contributed by atoms with Gasteiger partial charge in [-0.15, -0.1) is 0 Å². The number of anilines is 1. The van der Waals surface area contributed by atoms with Crippen LogP contribution in [-0.2, 0) is 4.79 Å². The first kappa shape index (κ1) is 25.8. The quantitative estimate of drug-likeness (QED) is 0.308. The molecule has 2 fully saturated rings. The van der Waals surface area contributed by atoms with E-state index in [1.807, 2.05) is 42.0 Å². The van der Waals surface area contributed by atoms with Gasteiger partial charge in [0.1, 0.15) is 17.5 Å². The Kier molecular flexibility index (Phi) is 6.59. The lowest BCUT2D eigenvalue weighted by Crippen LogP contribution is -2.52. The molecule has 2 aliphatic rings. The molecule has 0 saturated carbocycles. The van der Waals surface area contributed by atoms with Crippen LogP contribution in [0.5, 0.6) is 5.75 Å². The van der Waals surface area contributed by atoms with Gasteiger partial charge in [-0.2, -0.15) is 5.10 Å². The minimum atomic E-state index is -0.426. The number of aromatic amines is 1. The number of H-pyrrole nitrogens is 1. The maximum atomic E-state index is 15.4. The van der Waals surface area contributed by atoms with Crippen LogP contribution in [0, 0.1) is 5.82 Å². The molecule has 0 bridgehead atoms. The van der Waals surface area contributed by atoms with Gasteiger partial charge in [0.2, 0.25) is 5.91 Å². The number of nitrogens with one attached hydrogen (secondary N) is 1. The second kappa shape index (κ2) is 9.95. The van der Waals surface area contributed by atoms with E-state index in [1.165, 1.54) is 18.5 Å². The molecule has 1 atom stereocenters. The highest BCUT2D eigenvalue weighted by Crippen LogP contribution is 2.40.